The molecule has 1 aromatic heterocycles. The molecule has 5 nitrogen and oxygen atoms in total. The Morgan fingerprint density at radius 1 is 1.11 bits per heavy atom. The molecule has 1 aliphatic rings. The van der Waals surface area contributed by atoms with E-state index in [9.17, 15) is 0 Å². The van der Waals surface area contributed by atoms with Crippen molar-refractivity contribution in [2.24, 2.45) is 5.92 Å². The Hall–Kier alpha value is -1.41. The summed E-state index contributed by atoms with van der Waals surface area (Å²) in [5, 5.41) is 1.04. The van der Waals surface area contributed by atoms with E-state index in [2.05, 4.69) is 22.0 Å². The van der Waals surface area contributed by atoms with Crippen LogP contribution in [0, 0.1) is 5.92 Å². The molecular weight excluding hydrogens is 359 g/mol. The minimum Gasteiger partial charge on any atom is -0.405 e. The molecule has 0 spiro atoms. The van der Waals surface area contributed by atoms with Crippen LogP contribution >= 0.6 is 11.3 Å². The molecule has 0 N–H and O–H groups in total. The van der Waals surface area contributed by atoms with Crippen molar-refractivity contribution >= 4 is 28.4 Å². The third-order valence-electron chi connectivity index (χ3n) is 4.23. The zero-order valence-corrected chi connectivity index (χ0v) is 17.4. The lowest BCUT2D eigenvalue weighted by Gasteiger charge is -2.38. The van der Waals surface area contributed by atoms with Crippen LogP contribution in [0.3, 0.4) is 0 Å². The number of rotatable bonds is 10. The molecule has 0 aliphatic carbocycles. The highest BCUT2D eigenvalue weighted by Gasteiger charge is 2.32. The predicted octanol–water partition coefficient (Wildman–Crippen LogP) is 3.34. The molecule has 3 rings (SSSR count). The Labute approximate surface area is 166 Å². The van der Waals surface area contributed by atoms with Gasteiger partial charge in [0.05, 0.1) is 18.0 Å². The summed E-state index contributed by atoms with van der Waals surface area (Å²) >= 11 is 1.66. The average Bonchev–Trinajstić information content (AvgIpc) is 3.06. The van der Waals surface area contributed by atoms with Gasteiger partial charge in [-0.3, -0.25) is 0 Å². The molecule has 0 radical (unpaired) electrons. The van der Waals surface area contributed by atoms with E-state index in [0.717, 1.165) is 29.6 Å². The molecule has 0 atom stereocenters. The topological polar surface area (TPSA) is 43.8 Å². The summed E-state index contributed by atoms with van der Waals surface area (Å²) in [7, 11) is -0.345. The fraction of sp³-hybridized carbons (Fsp3) is 0.550. The van der Waals surface area contributed by atoms with Crippen molar-refractivity contribution in [3.05, 3.63) is 42.1 Å². The first-order chi connectivity index (χ1) is 13.0. The van der Waals surface area contributed by atoms with E-state index in [4.69, 9.17) is 14.0 Å². The van der Waals surface area contributed by atoms with Gasteiger partial charge >= 0.3 is 7.12 Å². The first-order valence-corrected chi connectivity index (χ1v) is 10.5. The highest BCUT2D eigenvalue weighted by atomic mass is 32.1. The molecule has 2 heterocycles. The van der Waals surface area contributed by atoms with E-state index in [0.29, 0.717) is 12.5 Å². The lowest BCUT2D eigenvalue weighted by atomic mass is 9.87. The summed E-state index contributed by atoms with van der Waals surface area (Å²) in [5.74, 6) is 0.565. The maximum atomic E-state index is 5.92. The summed E-state index contributed by atoms with van der Waals surface area (Å²) in [6.07, 6.45) is 2.10. The Morgan fingerprint density at radius 2 is 1.78 bits per heavy atom. The standard InChI is InChI=1S/C20H29BN2O3S/c1-15(2)25-21(26-16(3)4)19-10-22-20(27-19)23-11-18(12-23)14-24-13-17-8-6-5-7-9-17/h5-10,15-16,18H,11-14H2,1-4H3. The third-order valence-corrected chi connectivity index (χ3v) is 5.31. The Bertz CT molecular complexity index is 680. The number of aromatic nitrogens is 1. The van der Waals surface area contributed by atoms with Crippen LogP contribution in [0.5, 0.6) is 0 Å². The van der Waals surface area contributed by atoms with E-state index in [1.54, 1.807) is 11.3 Å². The molecule has 0 bridgehead atoms. The van der Waals surface area contributed by atoms with E-state index in [-0.39, 0.29) is 19.3 Å². The Balaban J connectivity index is 1.45. The smallest absolute Gasteiger partial charge is 0.405 e. The molecule has 27 heavy (non-hydrogen) atoms. The van der Waals surface area contributed by atoms with E-state index in [1.165, 1.54) is 5.56 Å². The second kappa shape index (κ2) is 9.69. The second-order valence-corrected chi connectivity index (χ2v) is 8.56. The highest BCUT2D eigenvalue weighted by molar-refractivity contribution is 7.25. The summed E-state index contributed by atoms with van der Waals surface area (Å²) in [6, 6.07) is 10.3. The number of nitrogens with zero attached hydrogens (tertiary/aromatic N) is 2. The molecule has 1 aliphatic heterocycles. The first kappa shape index (κ1) is 20.3. The summed E-state index contributed by atoms with van der Waals surface area (Å²) < 4.78 is 18.7. The number of ether oxygens (including phenoxy) is 1. The van der Waals surface area contributed by atoms with Crippen LogP contribution < -0.4 is 9.68 Å². The minimum atomic E-state index is -0.345. The summed E-state index contributed by atoms with van der Waals surface area (Å²) in [6.45, 7) is 11.5. The fourth-order valence-electron chi connectivity index (χ4n) is 2.94. The highest BCUT2D eigenvalue weighted by Crippen LogP contribution is 2.26. The van der Waals surface area contributed by atoms with E-state index in [1.807, 2.05) is 52.1 Å². The van der Waals surface area contributed by atoms with Crippen molar-refractivity contribution < 1.29 is 14.0 Å². The van der Waals surface area contributed by atoms with E-state index < -0.39 is 0 Å². The number of benzene rings is 1. The monoisotopic (exact) mass is 388 g/mol. The maximum absolute atomic E-state index is 5.92. The normalized spacial score (nSPS) is 14.8. The van der Waals surface area contributed by atoms with Crippen molar-refractivity contribution in [2.75, 3.05) is 24.6 Å². The predicted molar refractivity (Wildman–Crippen MR) is 112 cm³/mol. The van der Waals surface area contributed by atoms with Gasteiger partial charge in [-0.25, -0.2) is 4.98 Å². The molecule has 1 aromatic carbocycles. The van der Waals surface area contributed by atoms with Gasteiger partial charge in [-0.1, -0.05) is 30.3 Å². The fourth-order valence-corrected chi connectivity index (χ4v) is 3.85. The van der Waals surface area contributed by atoms with Gasteiger partial charge < -0.3 is 18.9 Å². The molecule has 0 amide bonds. The van der Waals surface area contributed by atoms with Crippen LogP contribution in [0.1, 0.15) is 33.3 Å². The Kier molecular flexibility index (Phi) is 7.30. The van der Waals surface area contributed by atoms with Gasteiger partial charge in [-0.05, 0) is 33.3 Å². The lowest BCUT2D eigenvalue weighted by Crippen LogP contribution is -2.48. The molecule has 0 saturated carbocycles. The van der Waals surface area contributed by atoms with Crippen LogP contribution in [-0.2, 0) is 20.7 Å². The number of anilines is 1. The molecule has 7 heteroatoms. The average molecular weight is 388 g/mol. The number of hydrogen-bond donors (Lipinski definition) is 0. The van der Waals surface area contributed by atoms with E-state index >= 15 is 0 Å². The number of thiazole rings is 1. The quantitative estimate of drug-likeness (QED) is 0.584. The van der Waals surface area contributed by atoms with Crippen molar-refractivity contribution in [1.82, 2.24) is 4.98 Å². The summed E-state index contributed by atoms with van der Waals surface area (Å²) in [5.41, 5.74) is 1.22. The van der Waals surface area contributed by atoms with Crippen LogP contribution in [0.15, 0.2) is 36.5 Å². The number of hydrogen-bond acceptors (Lipinski definition) is 6. The summed E-state index contributed by atoms with van der Waals surface area (Å²) in [4.78, 5) is 6.88. The SMILES string of the molecule is CC(C)OB(OC(C)C)c1cnc(N2CC(COCc3ccccc3)C2)s1. The van der Waals surface area contributed by atoms with Crippen molar-refractivity contribution in [1.29, 1.82) is 0 Å². The molecule has 2 aromatic rings. The molecule has 1 saturated heterocycles. The lowest BCUT2D eigenvalue weighted by molar-refractivity contribution is 0.0773. The largest absolute Gasteiger partial charge is 0.506 e. The first-order valence-electron chi connectivity index (χ1n) is 9.64. The van der Waals surface area contributed by atoms with Crippen LogP contribution in [-0.4, -0.2) is 44.0 Å². The molecule has 146 valence electrons. The molecule has 1 fully saturated rings. The van der Waals surface area contributed by atoms with Crippen molar-refractivity contribution in [3.63, 3.8) is 0 Å². The van der Waals surface area contributed by atoms with Gasteiger partial charge in [0.2, 0.25) is 0 Å². The van der Waals surface area contributed by atoms with Gasteiger partial charge in [-0.2, -0.15) is 0 Å². The maximum Gasteiger partial charge on any atom is 0.506 e. The van der Waals surface area contributed by atoms with Crippen LogP contribution in [0.4, 0.5) is 5.13 Å². The molecule has 0 unspecified atom stereocenters. The zero-order valence-electron chi connectivity index (χ0n) is 16.6. The zero-order chi connectivity index (χ0) is 19.2. The van der Waals surface area contributed by atoms with Gasteiger partial charge in [0.15, 0.2) is 5.13 Å². The van der Waals surface area contributed by atoms with Gasteiger partial charge in [0.25, 0.3) is 0 Å². The third kappa shape index (κ3) is 6.04. The van der Waals surface area contributed by atoms with Gasteiger partial charge in [0, 0.05) is 37.4 Å². The second-order valence-electron chi connectivity index (χ2n) is 7.52. The Morgan fingerprint density at radius 3 is 2.41 bits per heavy atom. The van der Waals surface area contributed by atoms with Crippen molar-refractivity contribution in [2.45, 2.75) is 46.5 Å². The minimum absolute atomic E-state index is 0.106. The van der Waals surface area contributed by atoms with Gasteiger partial charge in [-0.15, -0.1) is 11.3 Å². The van der Waals surface area contributed by atoms with Crippen LogP contribution in [0.25, 0.3) is 0 Å². The van der Waals surface area contributed by atoms with Crippen molar-refractivity contribution in [3.8, 4) is 0 Å². The van der Waals surface area contributed by atoms with Crippen LogP contribution in [0.2, 0.25) is 0 Å². The van der Waals surface area contributed by atoms with Gasteiger partial charge in [0.1, 0.15) is 0 Å². The molecular formula is C20H29BN2O3S.